The van der Waals surface area contributed by atoms with Crippen LogP contribution in [0.15, 0.2) is 24.3 Å². The van der Waals surface area contributed by atoms with Crippen LogP contribution in [0.3, 0.4) is 0 Å². The highest BCUT2D eigenvalue weighted by Crippen LogP contribution is 2.18. The van der Waals surface area contributed by atoms with E-state index < -0.39 is 0 Å². The molecule has 1 fully saturated rings. The predicted octanol–water partition coefficient (Wildman–Crippen LogP) is 2.30. The van der Waals surface area contributed by atoms with Crippen LogP contribution in [0, 0.1) is 12.8 Å². The fraction of sp³-hybridized carbons (Fsp3) is 0.556. The second-order valence-corrected chi connectivity index (χ2v) is 6.12. The zero-order valence-electron chi connectivity index (χ0n) is 13.6. The number of hydrogen-bond donors (Lipinski definition) is 1. The molecule has 1 aromatic carbocycles. The van der Waals surface area contributed by atoms with Crippen molar-refractivity contribution in [3.63, 3.8) is 0 Å². The van der Waals surface area contributed by atoms with E-state index in [2.05, 4.69) is 43.4 Å². The van der Waals surface area contributed by atoms with Crippen LogP contribution in [0.2, 0.25) is 0 Å². The number of unbranched alkanes of at least 4 members (excludes halogenated alkanes) is 1. The first-order chi connectivity index (χ1) is 10.6. The number of likely N-dealkylation sites (tertiary alicyclic amines) is 1. The standard InChI is InChI=1S/C18H26N2O2/c1-3-4-10-19-18(22)16-12-17(21)20(13-16)11-9-15-7-5-14(2)6-8-15/h5-8,16H,3-4,9-13H2,1-2H3,(H,19,22)/t16-/m0/s1. The fourth-order valence-electron chi connectivity index (χ4n) is 2.72. The minimum Gasteiger partial charge on any atom is -0.356 e. The van der Waals surface area contributed by atoms with Crippen molar-refractivity contribution in [2.75, 3.05) is 19.6 Å². The Morgan fingerprint density at radius 3 is 2.73 bits per heavy atom. The smallest absolute Gasteiger partial charge is 0.225 e. The third-order valence-electron chi connectivity index (χ3n) is 4.21. The van der Waals surface area contributed by atoms with Crippen LogP contribution < -0.4 is 5.32 Å². The highest BCUT2D eigenvalue weighted by atomic mass is 16.2. The molecule has 0 aliphatic carbocycles. The molecule has 1 aromatic rings. The van der Waals surface area contributed by atoms with Gasteiger partial charge in [-0.2, -0.15) is 0 Å². The monoisotopic (exact) mass is 302 g/mol. The summed E-state index contributed by atoms with van der Waals surface area (Å²) < 4.78 is 0. The third kappa shape index (κ3) is 4.58. The topological polar surface area (TPSA) is 49.4 Å². The summed E-state index contributed by atoms with van der Waals surface area (Å²) in [6.45, 7) is 6.13. The van der Waals surface area contributed by atoms with Gasteiger partial charge in [-0.05, 0) is 25.3 Å². The number of rotatable bonds is 7. The Labute approximate surface area is 132 Å². The molecule has 0 aromatic heterocycles. The van der Waals surface area contributed by atoms with Gasteiger partial charge < -0.3 is 10.2 Å². The van der Waals surface area contributed by atoms with E-state index >= 15 is 0 Å². The Kier molecular flexibility index (Phi) is 5.99. The highest BCUT2D eigenvalue weighted by Gasteiger charge is 2.33. The molecule has 0 bridgehead atoms. The van der Waals surface area contributed by atoms with Crippen LogP contribution in [-0.2, 0) is 16.0 Å². The zero-order chi connectivity index (χ0) is 15.9. The van der Waals surface area contributed by atoms with E-state index in [1.165, 1.54) is 11.1 Å². The molecular formula is C18H26N2O2. The first kappa shape index (κ1) is 16.5. The van der Waals surface area contributed by atoms with E-state index in [0.717, 1.165) is 19.3 Å². The van der Waals surface area contributed by atoms with Crippen LogP contribution in [0.25, 0.3) is 0 Å². The number of carbonyl (C=O) groups excluding carboxylic acids is 2. The SMILES string of the molecule is CCCCNC(=O)[C@H]1CC(=O)N(CCc2ccc(C)cc2)C1. The molecule has 0 saturated carbocycles. The molecule has 2 rings (SSSR count). The van der Waals surface area contributed by atoms with E-state index in [-0.39, 0.29) is 17.7 Å². The van der Waals surface area contributed by atoms with Crippen molar-refractivity contribution in [3.8, 4) is 0 Å². The molecule has 1 atom stereocenters. The van der Waals surface area contributed by atoms with Gasteiger partial charge in [-0.15, -0.1) is 0 Å². The summed E-state index contributed by atoms with van der Waals surface area (Å²) in [5, 5.41) is 2.93. The summed E-state index contributed by atoms with van der Waals surface area (Å²) in [6.07, 6.45) is 3.25. The second kappa shape index (κ2) is 7.97. The Bertz CT molecular complexity index is 510. The van der Waals surface area contributed by atoms with Gasteiger partial charge in [0.25, 0.3) is 0 Å². The van der Waals surface area contributed by atoms with Crippen LogP contribution in [0.1, 0.15) is 37.3 Å². The quantitative estimate of drug-likeness (QED) is 0.786. The lowest BCUT2D eigenvalue weighted by molar-refractivity contribution is -0.129. The van der Waals surface area contributed by atoms with Crippen LogP contribution in [0.4, 0.5) is 0 Å². The number of nitrogens with zero attached hydrogens (tertiary/aromatic N) is 1. The molecule has 120 valence electrons. The molecule has 0 unspecified atom stereocenters. The number of benzene rings is 1. The van der Waals surface area contributed by atoms with Crippen molar-refractivity contribution in [3.05, 3.63) is 35.4 Å². The average molecular weight is 302 g/mol. The molecule has 1 N–H and O–H groups in total. The summed E-state index contributed by atoms with van der Waals surface area (Å²) in [6, 6.07) is 8.38. The Hall–Kier alpha value is -1.84. The van der Waals surface area contributed by atoms with Gasteiger partial charge in [0.2, 0.25) is 11.8 Å². The van der Waals surface area contributed by atoms with Crippen molar-refractivity contribution in [1.29, 1.82) is 0 Å². The lowest BCUT2D eigenvalue weighted by Gasteiger charge is -2.16. The number of nitrogens with one attached hydrogen (secondary N) is 1. The first-order valence-electron chi connectivity index (χ1n) is 8.21. The van der Waals surface area contributed by atoms with Crippen molar-refractivity contribution < 1.29 is 9.59 Å². The molecule has 4 heteroatoms. The molecule has 1 aliphatic rings. The molecule has 1 saturated heterocycles. The maximum absolute atomic E-state index is 12.0. The lowest BCUT2D eigenvalue weighted by Crippen LogP contribution is -2.34. The van der Waals surface area contributed by atoms with E-state index in [1.54, 1.807) is 0 Å². The summed E-state index contributed by atoms with van der Waals surface area (Å²) in [5.74, 6) is -0.0511. The van der Waals surface area contributed by atoms with E-state index in [9.17, 15) is 9.59 Å². The highest BCUT2D eigenvalue weighted by molar-refractivity contribution is 5.89. The number of carbonyl (C=O) groups is 2. The Morgan fingerprint density at radius 1 is 1.32 bits per heavy atom. The summed E-state index contributed by atoms with van der Waals surface area (Å²) >= 11 is 0. The molecule has 0 spiro atoms. The van der Waals surface area contributed by atoms with E-state index in [4.69, 9.17) is 0 Å². The number of hydrogen-bond acceptors (Lipinski definition) is 2. The van der Waals surface area contributed by atoms with Crippen molar-refractivity contribution in [1.82, 2.24) is 10.2 Å². The average Bonchev–Trinajstić information content (AvgIpc) is 2.88. The van der Waals surface area contributed by atoms with Crippen molar-refractivity contribution in [2.24, 2.45) is 5.92 Å². The fourth-order valence-corrected chi connectivity index (χ4v) is 2.72. The van der Waals surface area contributed by atoms with E-state index in [1.807, 2.05) is 4.90 Å². The van der Waals surface area contributed by atoms with Gasteiger partial charge in [0, 0.05) is 26.1 Å². The van der Waals surface area contributed by atoms with Crippen molar-refractivity contribution in [2.45, 2.75) is 39.5 Å². The molecule has 4 nitrogen and oxygen atoms in total. The minimum atomic E-state index is -0.178. The Balaban J connectivity index is 1.79. The zero-order valence-corrected chi connectivity index (χ0v) is 13.6. The number of aryl methyl sites for hydroxylation is 1. The van der Waals surface area contributed by atoms with Gasteiger partial charge in [0.1, 0.15) is 0 Å². The molecule has 1 aliphatic heterocycles. The summed E-state index contributed by atoms with van der Waals surface area (Å²) in [7, 11) is 0. The lowest BCUT2D eigenvalue weighted by atomic mass is 10.1. The van der Waals surface area contributed by atoms with Gasteiger partial charge in [-0.1, -0.05) is 43.2 Å². The maximum Gasteiger partial charge on any atom is 0.225 e. The second-order valence-electron chi connectivity index (χ2n) is 6.12. The largest absolute Gasteiger partial charge is 0.356 e. The minimum absolute atomic E-state index is 0.0274. The number of amides is 2. The summed E-state index contributed by atoms with van der Waals surface area (Å²) in [4.78, 5) is 25.9. The third-order valence-corrected chi connectivity index (χ3v) is 4.21. The molecule has 1 heterocycles. The van der Waals surface area contributed by atoms with Crippen LogP contribution in [-0.4, -0.2) is 36.3 Å². The van der Waals surface area contributed by atoms with Gasteiger partial charge in [0.15, 0.2) is 0 Å². The van der Waals surface area contributed by atoms with Gasteiger partial charge in [-0.3, -0.25) is 9.59 Å². The van der Waals surface area contributed by atoms with Gasteiger partial charge >= 0.3 is 0 Å². The summed E-state index contributed by atoms with van der Waals surface area (Å²) in [5.41, 5.74) is 2.47. The van der Waals surface area contributed by atoms with Crippen molar-refractivity contribution >= 4 is 11.8 Å². The van der Waals surface area contributed by atoms with Crippen LogP contribution >= 0.6 is 0 Å². The molecule has 2 amide bonds. The molecule has 0 radical (unpaired) electrons. The Morgan fingerprint density at radius 2 is 2.05 bits per heavy atom. The normalized spacial score (nSPS) is 17.8. The predicted molar refractivity (Wildman–Crippen MR) is 87.5 cm³/mol. The van der Waals surface area contributed by atoms with Gasteiger partial charge in [-0.25, -0.2) is 0 Å². The van der Waals surface area contributed by atoms with Crippen LogP contribution in [0.5, 0.6) is 0 Å². The molecular weight excluding hydrogens is 276 g/mol. The van der Waals surface area contributed by atoms with Gasteiger partial charge in [0.05, 0.1) is 5.92 Å². The maximum atomic E-state index is 12.0. The van der Waals surface area contributed by atoms with E-state index in [0.29, 0.717) is 26.1 Å². The first-order valence-corrected chi connectivity index (χ1v) is 8.21. The molecule has 22 heavy (non-hydrogen) atoms.